The fourth-order valence-corrected chi connectivity index (χ4v) is 2.13. The van der Waals surface area contributed by atoms with Gasteiger partial charge in [0, 0.05) is 17.0 Å². The van der Waals surface area contributed by atoms with E-state index in [-0.39, 0.29) is 5.41 Å². The van der Waals surface area contributed by atoms with Gasteiger partial charge in [-0.1, -0.05) is 76.8 Å². The van der Waals surface area contributed by atoms with Gasteiger partial charge in [-0.15, -0.1) is 0 Å². The van der Waals surface area contributed by atoms with Gasteiger partial charge in [-0.25, -0.2) is 0 Å². The van der Waals surface area contributed by atoms with E-state index in [2.05, 4.69) is 71.2 Å². The van der Waals surface area contributed by atoms with Gasteiger partial charge in [-0.05, 0) is 18.9 Å². The Morgan fingerprint density at radius 3 is 2.40 bits per heavy atom. The number of allylic oxidation sites excluding steroid dienone is 6. The molecule has 0 aromatic heterocycles. The Kier molecular flexibility index (Phi) is 5.50. The van der Waals surface area contributed by atoms with Gasteiger partial charge in [0.15, 0.2) is 0 Å². The maximum absolute atomic E-state index is 4.75. The molecule has 0 fully saturated rings. The minimum Gasteiger partial charge on any atom is -0.257 e. The van der Waals surface area contributed by atoms with Crippen LogP contribution in [-0.2, 0) is 0 Å². The predicted molar refractivity (Wildman–Crippen MR) is 91.0 cm³/mol. The monoisotopic (exact) mass is 269 g/mol. The molecule has 1 nitrogen and oxygen atoms in total. The molecular formula is C19H27N. The molecule has 1 heteroatoms. The Hall–Kier alpha value is -1.63. The summed E-state index contributed by atoms with van der Waals surface area (Å²) in [5.74, 6) is 0.300. The molecule has 0 heterocycles. The van der Waals surface area contributed by atoms with E-state index in [0.29, 0.717) is 5.92 Å². The average molecular weight is 269 g/mol. The zero-order valence-corrected chi connectivity index (χ0v) is 13.5. The lowest BCUT2D eigenvalue weighted by atomic mass is 9.88. The summed E-state index contributed by atoms with van der Waals surface area (Å²) in [6.07, 6.45) is 11.5. The van der Waals surface area contributed by atoms with E-state index in [0.717, 1.165) is 23.3 Å². The fourth-order valence-electron chi connectivity index (χ4n) is 2.13. The van der Waals surface area contributed by atoms with E-state index in [1.54, 1.807) is 0 Å². The largest absolute Gasteiger partial charge is 0.257 e. The van der Waals surface area contributed by atoms with Crippen molar-refractivity contribution in [2.75, 3.05) is 0 Å². The summed E-state index contributed by atoms with van der Waals surface area (Å²) in [5, 5.41) is 0. The first-order valence-corrected chi connectivity index (χ1v) is 7.25. The molecule has 0 aromatic rings. The molecule has 0 aromatic carbocycles. The summed E-state index contributed by atoms with van der Waals surface area (Å²) in [6, 6.07) is 0. The first-order chi connectivity index (χ1) is 9.25. The molecule has 1 atom stereocenters. The van der Waals surface area contributed by atoms with Gasteiger partial charge in [0.2, 0.25) is 0 Å². The van der Waals surface area contributed by atoms with Gasteiger partial charge >= 0.3 is 0 Å². The Bertz CT molecular complexity index is 504. The molecule has 0 amide bonds. The number of rotatable bonds is 4. The van der Waals surface area contributed by atoms with Crippen LogP contribution in [0.1, 0.15) is 41.0 Å². The Morgan fingerprint density at radius 1 is 1.25 bits per heavy atom. The van der Waals surface area contributed by atoms with Crippen LogP contribution in [0.25, 0.3) is 0 Å². The molecular weight excluding hydrogens is 242 g/mol. The molecule has 0 aliphatic heterocycles. The molecule has 0 saturated carbocycles. The summed E-state index contributed by atoms with van der Waals surface area (Å²) < 4.78 is 0. The molecule has 20 heavy (non-hydrogen) atoms. The highest BCUT2D eigenvalue weighted by Crippen LogP contribution is 2.24. The van der Waals surface area contributed by atoms with Crippen LogP contribution in [0.4, 0.5) is 0 Å². The van der Waals surface area contributed by atoms with E-state index in [9.17, 15) is 0 Å². The normalized spacial score (nSPS) is 19.6. The van der Waals surface area contributed by atoms with Crippen LogP contribution in [0, 0.1) is 11.3 Å². The molecule has 1 rings (SSSR count). The third kappa shape index (κ3) is 4.48. The maximum Gasteiger partial charge on any atom is 0.0629 e. The van der Waals surface area contributed by atoms with Gasteiger partial charge in [0.05, 0.1) is 5.70 Å². The molecule has 108 valence electrons. The van der Waals surface area contributed by atoms with E-state index in [4.69, 9.17) is 4.99 Å². The molecule has 1 unspecified atom stereocenters. The van der Waals surface area contributed by atoms with E-state index >= 15 is 0 Å². The van der Waals surface area contributed by atoms with Crippen LogP contribution >= 0.6 is 0 Å². The van der Waals surface area contributed by atoms with Crippen LogP contribution < -0.4 is 0 Å². The van der Waals surface area contributed by atoms with Crippen molar-refractivity contribution in [3.05, 3.63) is 60.4 Å². The van der Waals surface area contributed by atoms with Crippen LogP contribution in [0.5, 0.6) is 0 Å². The summed E-state index contributed by atoms with van der Waals surface area (Å²) in [4.78, 5) is 4.75. The van der Waals surface area contributed by atoms with Gasteiger partial charge < -0.3 is 0 Å². The molecule has 0 bridgehead atoms. The van der Waals surface area contributed by atoms with Crippen molar-refractivity contribution in [1.82, 2.24) is 0 Å². The van der Waals surface area contributed by atoms with Crippen molar-refractivity contribution >= 4 is 5.71 Å². The molecule has 1 aliphatic carbocycles. The second-order valence-electron chi connectivity index (χ2n) is 6.35. The van der Waals surface area contributed by atoms with Crippen molar-refractivity contribution in [2.24, 2.45) is 16.3 Å². The number of hydrogen-bond acceptors (Lipinski definition) is 1. The van der Waals surface area contributed by atoms with Crippen molar-refractivity contribution in [3.8, 4) is 0 Å². The lowest BCUT2D eigenvalue weighted by Gasteiger charge is -2.21. The first kappa shape index (κ1) is 16.4. The topological polar surface area (TPSA) is 12.4 Å². The van der Waals surface area contributed by atoms with Crippen LogP contribution in [0.3, 0.4) is 0 Å². The average Bonchev–Trinajstić information content (AvgIpc) is 2.59. The third-order valence-electron chi connectivity index (χ3n) is 3.45. The third-order valence-corrected chi connectivity index (χ3v) is 3.45. The quantitative estimate of drug-likeness (QED) is 0.462. The lowest BCUT2D eigenvalue weighted by Crippen LogP contribution is -2.19. The standard InChI is InChI=1S/C19H27N/c1-8-18(19(5,6)7)20-15(4)17-11-9-10-16(12-13-17)14(2)3/h9-13,16H,2,4,8H2,1,3,5-7H3. The SMILES string of the molecule is C=C(N=C(CC)C(C)(C)C)C1=CC=CC(C(=C)C)C=C1. The van der Waals surface area contributed by atoms with Crippen LogP contribution in [-0.4, -0.2) is 5.71 Å². The molecule has 1 aliphatic rings. The van der Waals surface area contributed by atoms with E-state index in [1.165, 1.54) is 5.71 Å². The molecule has 0 saturated heterocycles. The van der Waals surface area contributed by atoms with Crippen LogP contribution in [0.15, 0.2) is 65.4 Å². The lowest BCUT2D eigenvalue weighted by molar-refractivity contribution is 0.579. The smallest absolute Gasteiger partial charge is 0.0629 e. The van der Waals surface area contributed by atoms with E-state index in [1.807, 2.05) is 6.92 Å². The maximum atomic E-state index is 4.75. The number of aliphatic imine (C=N–C) groups is 1. The van der Waals surface area contributed by atoms with E-state index < -0.39 is 0 Å². The zero-order chi connectivity index (χ0) is 15.3. The highest BCUT2D eigenvalue weighted by Gasteiger charge is 2.17. The first-order valence-electron chi connectivity index (χ1n) is 7.25. The molecule has 0 radical (unpaired) electrons. The summed E-state index contributed by atoms with van der Waals surface area (Å²) in [5.41, 5.74) is 4.31. The zero-order valence-electron chi connectivity index (χ0n) is 13.5. The van der Waals surface area contributed by atoms with Gasteiger partial charge in [0.1, 0.15) is 0 Å². The van der Waals surface area contributed by atoms with Crippen molar-refractivity contribution < 1.29 is 0 Å². The van der Waals surface area contributed by atoms with Crippen molar-refractivity contribution in [3.63, 3.8) is 0 Å². The highest BCUT2D eigenvalue weighted by molar-refractivity contribution is 5.90. The predicted octanol–water partition coefficient (Wildman–Crippen LogP) is 5.64. The van der Waals surface area contributed by atoms with Crippen LogP contribution in [0.2, 0.25) is 0 Å². The molecule has 0 N–H and O–H groups in total. The van der Waals surface area contributed by atoms with Gasteiger partial charge in [-0.3, -0.25) is 4.99 Å². The summed E-state index contributed by atoms with van der Waals surface area (Å²) >= 11 is 0. The van der Waals surface area contributed by atoms with Crippen molar-refractivity contribution in [2.45, 2.75) is 41.0 Å². The molecule has 0 spiro atoms. The Labute approximate surface area is 124 Å². The number of nitrogens with zero attached hydrogens (tertiary/aromatic N) is 1. The fraction of sp³-hybridized carbons (Fsp3) is 0.421. The minimum atomic E-state index is 0.0861. The second-order valence-corrected chi connectivity index (χ2v) is 6.35. The summed E-state index contributed by atoms with van der Waals surface area (Å²) in [7, 11) is 0. The minimum absolute atomic E-state index is 0.0861. The Morgan fingerprint density at radius 2 is 1.90 bits per heavy atom. The second kappa shape index (κ2) is 6.69. The summed E-state index contributed by atoms with van der Waals surface area (Å²) in [6.45, 7) is 18.9. The Balaban J connectivity index is 2.97. The van der Waals surface area contributed by atoms with Gasteiger partial charge in [0.25, 0.3) is 0 Å². The van der Waals surface area contributed by atoms with Gasteiger partial charge in [-0.2, -0.15) is 0 Å². The number of hydrogen-bond donors (Lipinski definition) is 0. The highest BCUT2D eigenvalue weighted by atomic mass is 14.8. The van der Waals surface area contributed by atoms with Crippen molar-refractivity contribution in [1.29, 1.82) is 0 Å².